The lowest BCUT2D eigenvalue weighted by molar-refractivity contribution is -0.146. The molecule has 1 saturated heterocycles. The fraction of sp³-hybridized carbons (Fsp3) is 0.538. The number of primary amides is 1. The maximum Gasteiger partial charge on any atom is 0.248 e. The molecule has 1 aromatic carbocycles. The minimum Gasteiger partial charge on any atom is -0.508 e. The molecule has 4 atom stereocenters. The van der Waals surface area contributed by atoms with E-state index < -0.39 is 85.5 Å². The summed E-state index contributed by atoms with van der Waals surface area (Å²) in [6, 6.07) is 2.77. The van der Waals surface area contributed by atoms with Crippen molar-refractivity contribution in [2.45, 2.75) is 63.7 Å². The molecule has 5 amide bonds. The van der Waals surface area contributed by atoms with Gasteiger partial charge in [0.15, 0.2) is 14.1 Å². The van der Waals surface area contributed by atoms with Gasteiger partial charge in [0, 0.05) is 21.2 Å². The average molecular weight is 567 g/mol. The molecule has 0 saturated carbocycles. The van der Waals surface area contributed by atoms with E-state index in [0.717, 1.165) is 0 Å². The van der Waals surface area contributed by atoms with Gasteiger partial charge in [0.2, 0.25) is 31.0 Å². The van der Waals surface area contributed by atoms with Gasteiger partial charge in [-0.1, -0.05) is 19.1 Å². The number of nitrogens with one attached hydrogen (secondary N) is 4. The van der Waals surface area contributed by atoms with Crippen LogP contribution in [0, 0.1) is 0 Å². The summed E-state index contributed by atoms with van der Waals surface area (Å²) in [5.41, 5.74) is 3.16. The second kappa shape index (κ2) is 14.4. The SMILES string of the molecule is [2H]CC(=O)N([2H])[C@@H](Cc1ccc(O)cc1)C(=O)[C@@]1(C(=O)N([2H])CC(=O)N[C@@H](C)C(=O)NCC(N)=O)C[C@H](O[2H])CN1CCC. The first kappa shape index (κ1) is 26.2. The Balaban J connectivity index is 2.47. The Hall–Kier alpha value is -4.04. The minimum atomic E-state index is -2.24. The van der Waals surface area contributed by atoms with Crippen molar-refractivity contribution in [2.24, 2.45) is 5.73 Å². The molecule has 1 aromatic rings. The first-order chi connectivity index (χ1) is 20.7. The lowest BCUT2D eigenvalue weighted by Gasteiger charge is -2.38. The number of phenolic OH excluding ortho intramolecular Hbond substituents is 1. The summed E-state index contributed by atoms with van der Waals surface area (Å²) < 4.78 is 31.8. The van der Waals surface area contributed by atoms with Crippen LogP contribution in [0.3, 0.4) is 0 Å². The van der Waals surface area contributed by atoms with Gasteiger partial charge >= 0.3 is 0 Å². The molecule has 1 heterocycles. The Bertz CT molecular complexity index is 1230. The highest BCUT2D eigenvalue weighted by Gasteiger charge is 2.57. The summed E-state index contributed by atoms with van der Waals surface area (Å²) in [6.45, 7) is 0.835. The van der Waals surface area contributed by atoms with E-state index >= 15 is 0 Å². The van der Waals surface area contributed by atoms with Crippen LogP contribution in [0.2, 0.25) is 2.82 Å². The Morgan fingerprint density at radius 3 is 2.52 bits per heavy atom. The quantitative estimate of drug-likeness (QED) is 0.111. The van der Waals surface area contributed by atoms with Crippen LogP contribution in [0.5, 0.6) is 5.75 Å². The van der Waals surface area contributed by atoms with E-state index in [1.54, 1.807) is 6.92 Å². The molecule has 0 aromatic heterocycles. The molecule has 2 rings (SSSR count). The van der Waals surface area contributed by atoms with Crippen LogP contribution in [-0.4, -0.2) is 102 Å². The predicted octanol–water partition coefficient (Wildman–Crippen LogP) is -2.55. The van der Waals surface area contributed by atoms with Gasteiger partial charge in [-0.2, -0.15) is 0 Å². The molecule has 14 heteroatoms. The molecule has 0 aliphatic carbocycles. The molecule has 14 nitrogen and oxygen atoms in total. The molecule has 0 bridgehead atoms. The van der Waals surface area contributed by atoms with Crippen LogP contribution in [0.4, 0.5) is 0 Å². The Morgan fingerprint density at radius 1 is 1.23 bits per heavy atom. The first-order valence-corrected chi connectivity index (χ1v) is 12.7. The maximum absolute atomic E-state index is 14.5. The van der Waals surface area contributed by atoms with Crippen molar-refractivity contribution in [2.75, 3.05) is 26.2 Å². The van der Waals surface area contributed by atoms with E-state index in [9.17, 15) is 33.9 Å². The average Bonchev–Trinajstić information content (AvgIpc) is 3.37. The molecule has 1 fully saturated rings. The number of carbonyl (C=O) groups is 6. The highest BCUT2D eigenvalue weighted by molar-refractivity contribution is 6.14. The number of aliphatic hydroxyl groups excluding tert-OH is 1. The lowest BCUT2D eigenvalue weighted by Crippen LogP contribution is -2.66. The second-order valence-electron chi connectivity index (χ2n) is 9.50. The third kappa shape index (κ3) is 8.48. The number of phenols is 1. The predicted molar refractivity (Wildman–Crippen MR) is 142 cm³/mol. The Kier molecular flexibility index (Phi) is 9.41. The third-order valence-electron chi connectivity index (χ3n) is 6.28. The van der Waals surface area contributed by atoms with E-state index in [1.165, 1.54) is 36.1 Å². The number of hydrogen-bond acceptors (Lipinski definition) is 9. The smallest absolute Gasteiger partial charge is 0.248 e. The number of aliphatic hydroxyl groups is 1. The minimum absolute atomic E-state index is 0.0728. The van der Waals surface area contributed by atoms with Crippen LogP contribution in [0.1, 0.15) is 40.5 Å². The Labute approximate surface area is 237 Å². The van der Waals surface area contributed by atoms with Crippen LogP contribution >= 0.6 is 0 Å². The number of Topliss-reactive ketones (excluding diaryl/α,β-unsaturated/α-hetero) is 1. The number of rotatable bonds is 15. The molecular formula is C26H38N6O8. The normalized spacial score (nSPS) is 21.5. The van der Waals surface area contributed by atoms with E-state index in [-0.39, 0.29) is 30.6 Å². The van der Waals surface area contributed by atoms with E-state index in [1.807, 2.05) is 0 Å². The van der Waals surface area contributed by atoms with Crippen molar-refractivity contribution >= 4 is 35.3 Å². The number of amides is 5. The topological polar surface area (TPSA) is 220 Å². The van der Waals surface area contributed by atoms with Gasteiger partial charge in [0.1, 0.15) is 11.8 Å². The number of ketones is 1. The third-order valence-corrected chi connectivity index (χ3v) is 6.28. The van der Waals surface area contributed by atoms with Crippen LogP contribution < -0.4 is 27.0 Å². The number of nitrogens with zero attached hydrogens (tertiary/aromatic N) is 1. The molecule has 1 aliphatic heterocycles. The standard InChI is InChI=1S/C26H38N6O8/c1-4-9-32-14-19(35)11-26(32,23(38)20(31-16(3)33)10-17-5-7-18(34)8-6-17)25(40)29-13-22(37)30-15(2)24(39)28-12-21(27)36/h5-8,15,19-20,34-35H,4,9-14H2,1-3H3,(H2,27,36)(H,28,39)(H,29,40)(H,30,37)(H,31,33)/t15-,19-,20-,26+/m0/s1/i3D,35D/hD2. The van der Waals surface area contributed by atoms with Crippen molar-refractivity contribution < 1.29 is 43.2 Å². The van der Waals surface area contributed by atoms with Crippen LogP contribution in [0.15, 0.2) is 24.3 Å². The number of aromatic hydroxyl groups is 1. The van der Waals surface area contributed by atoms with E-state index in [2.05, 4.69) is 10.6 Å². The van der Waals surface area contributed by atoms with Crippen molar-refractivity contribution in [1.29, 1.82) is 1.43 Å². The number of carbonyl (C=O) groups excluding carboxylic acids is 6. The molecule has 0 radical (unpaired) electrons. The Morgan fingerprint density at radius 2 is 1.93 bits per heavy atom. The van der Waals surface area contributed by atoms with Crippen molar-refractivity contribution in [3.8, 4) is 5.75 Å². The summed E-state index contributed by atoms with van der Waals surface area (Å²) in [5, 5.41) is 19.4. The summed E-state index contributed by atoms with van der Waals surface area (Å²) in [7, 11) is 0. The summed E-state index contributed by atoms with van der Waals surface area (Å²) >= 11 is 0. The maximum atomic E-state index is 14.5. The largest absolute Gasteiger partial charge is 0.508 e. The second-order valence-corrected chi connectivity index (χ2v) is 9.50. The zero-order chi connectivity index (χ0) is 33.2. The van der Waals surface area contributed by atoms with Crippen molar-refractivity contribution in [3.63, 3.8) is 0 Å². The molecule has 8 N–H and O–H groups in total. The van der Waals surface area contributed by atoms with Gasteiger partial charge in [0.05, 0.1) is 25.2 Å². The van der Waals surface area contributed by atoms with Crippen LogP contribution in [-0.2, 0) is 35.2 Å². The van der Waals surface area contributed by atoms with Gasteiger partial charge in [-0.05, 0) is 44.0 Å². The van der Waals surface area contributed by atoms with Gasteiger partial charge in [-0.3, -0.25) is 33.7 Å². The van der Waals surface area contributed by atoms with Crippen molar-refractivity contribution in [1.82, 2.24) is 26.2 Å². The van der Waals surface area contributed by atoms with Gasteiger partial charge in [0.25, 0.3) is 0 Å². The monoisotopic (exact) mass is 566 g/mol. The zero-order valence-electron chi connectivity index (χ0n) is 26.4. The lowest BCUT2D eigenvalue weighted by atomic mass is 9.82. The number of nitrogens with two attached hydrogens (primary N) is 1. The van der Waals surface area contributed by atoms with Gasteiger partial charge in [-0.15, -0.1) is 0 Å². The van der Waals surface area contributed by atoms with Gasteiger partial charge in [-0.25, -0.2) is 0 Å². The first-order valence-electron chi connectivity index (χ1n) is 14.7. The molecule has 0 unspecified atom stereocenters. The number of β-amino-alcohol motifs (C(OH)–C–C–N with tert-alkyl or cyclic N) is 1. The fourth-order valence-electron chi connectivity index (χ4n) is 4.52. The summed E-state index contributed by atoms with van der Waals surface area (Å²) in [4.78, 5) is 78.1. The highest BCUT2D eigenvalue weighted by Crippen LogP contribution is 2.33. The highest BCUT2D eigenvalue weighted by atomic mass is 16.3. The molecular weight excluding hydrogens is 524 g/mol. The molecule has 0 spiro atoms. The number of benzene rings is 1. The number of hydrogen-bond donors (Lipinski definition) is 7. The van der Waals surface area contributed by atoms with E-state index in [4.69, 9.17) is 16.5 Å². The fourth-order valence-corrected chi connectivity index (χ4v) is 4.52. The summed E-state index contributed by atoms with van der Waals surface area (Å²) in [6.07, 6.45) is -1.27. The molecule has 40 heavy (non-hydrogen) atoms. The molecule has 1 aliphatic rings. The number of likely N-dealkylation sites (tertiary alicyclic amines) is 1. The molecule has 220 valence electrons. The zero-order valence-corrected chi connectivity index (χ0v) is 22.4. The summed E-state index contributed by atoms with van der Waals surface area (Å²) in [5.74, 6) is -5.77. The van der Waals surface area contributed by atoms with E-state index in [0.29, 0.717) is 17.3 Å². The van der Waals surface area contributed by atoms with Crippen LogP contribution in [0.25, 0.3) is 0 Å². The van der Waals surface area contributed by atoms with Gasteiger partial charge < -0.3 is 37.2 Å². The van der Waals surface area contributed by atoms with Crippen molar-refractivity contribution in [3.05, 3.63) is 29.8 Å².